The number of alkyl halides is 1. The molecule has 6 N–H and O–H groups in total. The summed E-state index contributed by atoms with van der Waals surface area (Å²) in [6, 6.07) is 12.7. The van der Waals surface area contributed by atoms with Crippen LogP contribution in [0.2, 0.25) is 0 Å². The molecule has 2 rings (SSSR count). The van der Waals surface area contributed by atoms with Gasteiger partial charge in [-0.2, -0.15) is 0 Å². The number of carbonyl (C=O) groups is 4. The van der Waals surface area contributed by atoms with E-state index in [9.17, 15) is 19.2 Å². The average molecular weight is 552 g/mol. The minimum absolute atomic E-state index is 0.0335. The molecule has 0 aliphatic carbocycles. The number of esters is 3. The van der Waals surface area contributed by atoms with E-state index in [4.69, 9.17) is 52.5 Å². The minimum atomic E-state index is -0.893. The molecule has 2 unspecified atom stereocenters. The Morgan fingerprint density at radius 2 is 1.05 bits per heavy atom. The highest BCUT2D eigenvalue weighted by Gasteiger charge is 2.18. The number of nitrogens with two attached hydrogens (primary N) is 3. The highest BCUT2D eigenvalue weighted by atomic mass is 35.5. The molecule has 0 radical (unpaired) electrons. The lowest BCUT2D eigenvalue weighted by Gasteiger charge is -2.18. The van der Waals surface area contributed by atoms with E-state index < -0.39 is 30.1 Å². The fourth-order valence-electron chi connectivity index (χ4n) is 2.89. The predicted octanol–water partition coefficient (Wildman–Crippen LogP) is 0.157. The lowest BCUT2D eigenvalue weighted by atomic mass is 10.0. The third-order valence-corrected chi connectivity index (χ3v) is 5.15. The molecule has 0 amide bonds. The van der Waals surface area contributed by atoms with Crippen molar-refractivity contribution >= 4 is 35.3 Å². The van der Waals surface area contributed by atoms with Crippen LogP contribution in [-0.4, -0.2) is 81.2 Å². The third-order valence-electron chi connectivity index (χ3n) is 4.80. The zero-order valence-electron chi connectivity index (χ0n) is 20.5. The summed E-state index contributed by atoms with van der Waals surface area (Å²) < 4.78 is 26.2. The van der Waals surface area contributed by atoms with Gasteiger partial charge in [0.15, 0.2) is 11.9 Å². The van der Waals surface area contributed by atoms with E-state index in [2.05, 4.69) is 0 Å². The molecular formula is C25H30ClN3O9. The molecule has 0 bridgehead atoms. The van der Waals surface area contributed by atoms with E-state index in [-0.39, 0.29) is 51.1 Å². The van der Waals surface area contributed by atoms with E-state index in [1.807, 2.05) is 0 Å². The Morgan fingerprint density at radius 3 is 1.47 bits per heavy atom. The largest absolute Gasteiger partial charge is 0.490 e. The first-order valence-corrected chi connectivity index (χ1v) is 12.0. The predicted molar refractivity (Wildman–Crippen MR) is 136 cm³/mol. The number of carbonyl (C=O) groups excluding carboxylic acids is 4. The fraction of sp³-hybridized carbons (Fsp3) is 0.360. The van der Waals surface area contributed by atoms with Gasteiger partial charge in [0.05, 0.1) is 25.5 Å². The second kappa shape index (κ2) is 16.2. The van der Waals surface area contributed by atoms with E-state index >= 15 is 0 Å². The van der Waals surface area contributed by atoms with Crippen LogP contribution in [0.4, 0.5) is 0 Å². The van der Waals surface area contributed by atoms with Crippen molar-refractivity contribution in [1.29, 1.82) is 0 Å². The SMILES string of the molecule is NCC(=O)OCC(COc1ccc(C(=O)c2ccc(OCC(CCl)OC(=O)CN)cc2)cc1)OC(=O)CN. The Hall–Kier alpha value is -3.71. The molecule has 12 nitrogen and oxygen atoms in total. The first-order chi connectivity index (χ1) is 18.3. The van der Waals surface area contributed by atoms with E-state index in [1.54, 1.807) is 48.5 Å². The van der Waals surface area contributed by atoms with Gasteiger partial charge in [-0.3, -0.25) is 19.2 Å². The summed E-state index contributed by atoms with van der Waals surface area (Å²) in [6.45, 7) is -1.24. The second-order valence-electron chi connectivity index (χ2n) is 7.67. The first kappa shape index (κ1) is 30.5. The summed E-state index contributed by atoms with van der Waals surface area (Å²) in [5.74, 6) is -1.26. The van der Waals surface area contributed by atoms with Gasteiger partial charge in [0.2, 0.25) is 0 Å². The van der Waals surface area contributed by atoms with Crippen molar-refractivity contribution in [3.8, 4) is 11.5 Å². The summed E-state index contributed by atoms with van der Waals surface area (Å²) in [5.41, 5.74) is 16.5. The van der Waals surface area contributed by atoms with Gasteiger partial charge in [0, 0.05) is 11.1 Å². The van der Waals surface area contributed by atoms with Gasteiger partial charge in [-0.1, -0.05) is 0 Å². The molecular weight excluding hydrogens is 522 g/mol. The number of hydrogen-bond donors (Lipinski definition) is 3. The van der Waals surface area contributed by atoms with Crippen molar-refractivity contribution in [2.75, 3.05) is 45.3 Å². The van der Waals surface area contributed by atoms with Gasteiger partial charge >= 0.3 is 17.9 Å². The van der Waals surface area contributed by atoms with E-state index in [0.29, 0.717) is 22.6 Å². The summed E-state index contributed by atoms with van der Waals surface area (Å²) in [5, 5.41) is 0. The van der Waals surface area contributed by atoms with Crippen molar-refractivity contribution in [3.05, 3.63) is 59.7 Å². The lowest BCUT2D eigenvalue weighted by Crippen LogP contribution is -2.34. The standard InChI is InChI=1S/C25H30ClN3O9/c26-9-20(37-23(31)11-28)13-34-18-5-1-16(2-6-18)25(33)17-3-7-19(8-4-17)35-14-21(38-24(32)12-29)15-36-22(30)10-27/h1-8,20-21H,9-15,27-29H2. The Morgan fingerprint density at radius 1 is 0.632 bits per heavy atom. The number of ether oxygens (including phenoxy) is 5. The molecule has 206 valence electrons. The van der Waals surface area contributed by atoms with E-state index in [0.717, 1.165) is 0 Å². The van der Waals surface area contributed by atoms with Crippen LogP contribution >= 0.6 is 11.6 Å². The van der Waals surface area contributed by atoms with Crippen molar-refractivity contribution in [2.45, 2.75) is 12.2 Å². The Bertz CT molecular complexity index is 1060. The molecule has 0 fully saturated rings. The highest BCUT2D eigenvalue weighted by molar-refractivity contribution is 6.18. The molecule has 0 aromatic heterocycles. The topological polar surface area (TPSA) is 192 Å². The Balaban J connectivity index is 1.93. The molecule has 2 aromatic rings. The van der Waals surface area contributed by atoms with Crippen LogP contribution in [0.25, 0.3) is 0 Å². The van der Waals surface area contributed by atoms with Gasteiger partial charge in [-0.05, 0) is 48.5 Å². The molecule has 2 aromatic carbocycles. The molecule has 2 atom stereocenters. The summed E-state index contributed by atoms with van der Waals surface area (Å²) in [7, 11) is 0. The third kappa shape index (κ3) is 10.3. The van der Waals surface area contributed by atoms with Crippen LogP contribution in [-0.2, 0) is 28.6 Å². The second-order valence-corrected chi connectivity index (χ2v) is 7.98. The number of halogens is 1. The first-order valence-electron chi connectivity index (χ1n) is 11.5. The molecule has 38 heavy (non-hydrogen) atoms. The van der Waals surface area contributed by atoms with Gasteiger partial charge in [-0.25, -0.2) is 0 Å². The summed E-state index contributed by atoms with van der Waals surface area (Å²) in [4.78, 5) is 46.9. The van der Waals surface area contributed by atoms with Crippen molar-refractivity contribution in [1.82, 2.24) is 0 Å². The summed E-state index contributed by atoms with van der Waals surface area (Å²) in [6.07, 6.45) is -1.55. The van der Waals surface area contributed by atoms with Crippen LogP contribution in [0.15, 0.2) is 48.5 Å². The van der Waals surface area contributed by atoms with Crippen LogP contribution < -0.4 is 26.7 Å². The molecule has 0 spiro atoms. The number of rotatable bonds is 16. The zero-order chi connectivity index (χ0) is 27.9. The Labute approximate surface area is 224 Å². The number of ketones is 1. The van der Waals surface area contributed by atoms with Crippen LogP contribution in [0.3, 0.4) is 0 Å². The van der Waals surface area contributed by atoms with Gasteiger partial charge in [0.1, 0.15) is 37.4 Å². The van der Waals surface area contributed by atoms with Crippen molar-refractivity contribution in [3.63, 3.8) is 0 Å². The number of hydrogen-bond acceptors (Lipinski definition) is 12. The minimum Gasteiger partial charge on any atom is -0.490 e. The molecule has 0 saturated heterocycles. The molecule has 0 aliphatic rings. The maximum atomic E-state index is 12.8. The smallest absolute Gasteiger partial charge is 0.320 e. The van der Waals surface area contributed by atoms with Crippen LogP contribution in [0.5, 0.6) is 11.5 Å². The zero-order valence-corrected chi connectivity index (χ0v) is 21.3. The van der Waals surface area contributed by atoms with Gasteiger partial charge in [0.25, 0.3) is 0 Å². The maximum absolute atomic E-state index is 12.8. The van der Waals surface area contributed by atoms with Gasteiger partial charge in [-0.15, -0.1) is 11.6 Å². The van der Waals surface area contributed by atoms with Crippen molar-refractivity contribution in [2.24, 2.45) is 17.2 Å². The lowest BCUT2D eigenvalue weighted by molar-refractivity contribution is -0.158. The van der Waals surface area contributed by atoms with Crippen molar-refractivity contribution < 1.29 is 42.9 Å². The van der Waals surface area contributed by atoms with E-state index in [1.165, 1.54) is 0 Å². The normalized spacial score (nSPS) is 12.1. The fourth-order valence-corrected chi connectivity index (χ4v) is 3.04. The van der Waals surface area contributed by atoms with Crippen LogP contribution in [0.1, 0.15) is 15.9 Å². The van der Waals surface area contributed by atoms with Gasteiger partial charge < -0.3 is 40.9 Å². The molecule has 0 aliphatic heterocycles. The molecule has 0 heterocycles. The monoisotopic (exact) mass is 551 g/mol. The summed E-state index contributed by atoms with van der Waals surface area (Å²) >= 11 is 5.77. The molecule has 13 heteroatoms. The number of benzene rings is 2. The Kier molecular flexibility index (Phi) is 13.0. The quantitative estimate of drug-likeness (QED) is 0.111. The maximum Gasteiger partial charge on any atom is 0.320 e. The van der Waals surface area contributed by atoms with Crippen LogP contribution in [0, 0.1) is 0 Å². The highest BCUT2D eigenvalue weighted by Crippen LogP contribution is 2.19. The molecule has 0 saturated carbocycles. The average Bonchev–Trinajstić information content (AvgIpc) is 2.96.